The second-order valence-electron chi connectivity index (χ2n) is 7.66. The normalized spacial score (nSPS) is 12.6. The van der Waals surface area contributed by atoms with Crippen molar-refractivity contribution < 1.29 is 9.59 Å². The fourth-order valence-corrected chi connectivity index (χ4v) is 4.14. The number of aromatic nitrogens is 1. The molecule has 1 aliphatic heterocycles. The Balaban J connectivity index is 1.35. The first-order valence-electron chi connectivity index (χ1n) is 10.3. The van der Waals surface area contributed by atoms with Crippen molar-refractivity contribution in [2.24, 2.45) is 0 Å². The summed E-state index contributed by atoms with van der Waals surface area (Å²) in [6, 6.07) is 23.4. The molecule has 0 saturated heterocycles. The fourth-order valence-electron chi connectivity index (χ4n) is 4.14. The lowest BCUT2D eigenvalue weighted by molar-refractivity contribution is -0.115. The van der Waals surface area contributed by atoms with Gasteiger partial charge in [-0.3, -0.25) is 14.6 Å². The Morgan fingerprint density at radius 3 is 2.71 bits per heavy atom. The molecule has 5 heteroatoms. The second kappa shape index (κ2) is 8.03. The molecule has 1 N–H and O–H groups in total. The van der Waals surface area contributed by atoms with Gasteiger partial charge in [-0.25, -0.2) is 0 Å². The van der Waals surface area contributed by atoms with Crippen molar-refractivity contribution in [1.82, 2.24) is 4.98 Å². The number of carbonyl (C=O) groups is 2. The van der Waals surface area contributed by atoms with Crippen molar-refractivity contribution >= 4 is 34.0 Å². The van der Waals surface area contributed by atoms with Crippen LogP contribution in [0.15, 0.2) is 85.2 Å². The number of anilines is 2. The van der Waals surface area contributed by atoms with E-state index in [0.29, 0.717) is 17.8 Å². The van der Waals surface area contributed by atoms with Crippen LogP contribution in [0.25, 0.3) is 10.8 Å². The van der Waals surface area contributed by atoms with Gasteiger partial charge in [-0.05, 0) is 52.6 Å². The first kappa shape index (κ1) is 19.0. The lowest BCUT2D eigenvalue weighted by Crippen LogP contribution is -2.29. The molecule has 0 unspecified atom stereocenters. The summed E-state index contributed by atoms with van der Waals surface area (Å²) in [5.74, 6) is -0.162. The Labute approximate surface area is 180 Å². The van der Waals surface area contributed by atoms with E-state index in [2.05, 4.69) is 10.3 Å². The molecule has 1 aromatic heterocycles. The van der Waals surface area contributed by atoms with Crippen LogP contribution in [0.1, 0.15) is 21.5 Å². The minimum absolute atomic E-state index is 0.0777. The summed E-state index contributed by atoms with van der Waals surface area (Å²) in [6.07, 6.45) is 4.32. The number of pyridine rings is 1. The largest absolute Gasteiger partial charge is 0.326 e. The van der Waals surface area contributed by atoms with Crippen LogP contribution >= 0.6 is 0 Å². The van der Waals surface area contributed by atoms with Crippen molar-refractivity contribution in [3.63, 3.8) is 0 Å². The summed E-state index contributed by atoms with van der Waals surface area (Å²) in [6.45, 7) is 0.621. The molecule has 4 aromatic rings. The highest BCUT2D eigenvalue weighted by Gasteiger charge is 2.26. The van der Waals surface area contributed by atoms with Crippen LogP contribution in [0.5, 0.6) is 0 Å². The van der Waals surface area contributed by atoms with Gasteiger partial charge in [0, 0.05) is 30.3 Å². The zero-order valence-corrected chi connectivity index (χ0v) is 16.9. The highest BCUT2D eigenvalue weighted by Crippen LogP contribution is 2.32. The molecule has 1 aliphatic rings. The number of amides is 2. The monoisotopic (exact) mass is 407 g/mol. The van der Waals surface area contributed by atoms with Gasteiger partial charge in [0.05, 0.1) is 12.0 Å². The van der Waals surface area contributed by atoms with E-state index < -0.39 is 0 Å². The maximum atomic E-state index is 12.9. The topological polar surface area (TPSA) is 62.3 Å². The van der Waals surface area contributed by atoms with Crippen LogP contribution in [0.3, 0.4) is 0 Å². The van der Waals surface area contributed by atoms with Gasteiger partial charge in [0.1, 0.15) is 0 Å². The number of nitrogens with zero attached hydrogens (tertiary/aromatic N) is 2. The quantitative estimate of drug-likeness (QED) is 0.537. The molecule has 0 saturated carbocycles. The Hall–Kier alpha value is -3.99. The van der Waals surface area contributed by atoms with E-state index in [0.717, 1.165) is 34.0 Å². The summed E-state index contributed by atoms with van der Waals surface area (Å²) < 4.78 is 0. The first-order valence-corrected chi connectivity index (χ1v) is 10.3. The standard InChI is InChI=1S/C26H21N3O2/c30-25(15-20-7-3-6-18-5-1-2-9-23(18)20)28-22-11-10-19-12-14-29(24(19)16-22)26(31)21-8-4-13-27-17-21/h1-11,13,16-17H,12,14-15H2,(H,28,30). The first-order chi connectivity index (χ1) is 15.2. The van der Waals surface area contributed by atoms with Crippen LogP contribution in [0.2, 0.25) is 0 Å². The van der Waals surface area contributed by atoms with Crippen LogP contribution in [-0.2, 0) is 17.6 Å². The molecule has 2 amide bonds. The molecule has 0 atom stereocenters. The average Bonchev–Trinajstić information content (AvgIpc) is 3.22. The van der Waals surface area contributed by atoms with Gasteiger partial charge in [0.15, 0.2) is 0 Å². The van der Waals surface area contributed by atoms with Gasteiger partial charge in [-0.1, -0.05) is 48.5 Å². The molecule has 0 bridgehead atoms. The van der Waals surface area contributed by atoms with Gasteiger partial charge < -0.3 is 10.2 Å². The average molecular weight is 407 g/mol. The number of benzene rings is 3. The van der Waals surface area contributed by atoms with Gasteiger partial charge in [-0.2, -0.15) is 0 Å². The number of rotatable bonds is 4. The third-order valence-electron chi connectivity index (χ3n) is 5.65. The number of carbonyl (C=O) groups excluding carboxylic acids is 2. The summed E-state index contributed by atoms with van der Waals surface area (Å²) in [5.41, 5.74) is 4.18. The zero-order chi connectivity index (χ0) is 21.2. The number of hydrogen-bond acceptors (Lipinski definition) is 3. The molecule has 152 valence electrons. The molecular weight excluding hydrogens is 386 g/mol. The van der Waals surface area contributed by atoms with E-state index in [1.165, 1.54) is 0 Å². The minimum Gasteiger partial charge on any atom is -0.326 e. The van der Waals surface area contributed by atoms with Crippen LogP contribution in [-0.4, -0.2) is 23.3 Å². The Morgan fingerprint density at radius 1 is 0.968 bits per heavy atom. The predicted octanol–water partition coefficient (Wildman–Crippen LogP) is 4.62. The summed E-state index contributed by atoms with van der Waals surface area (Å²) in [4.78, 5) is 31.5. The zero-order valence-electron chi connectivity index (χ0n) is 16.9. The Morgan fingerprint density at radius 2 is 1.84 bits per heavy atom. The summed E-state index contributed by atoms with van der Waals surface area (Å²) in [5, 5.41) is 5.20. The predicted molar refractivity (Wildman–Crippen MR) is 122 cm³/mol. The molecule has 2 heterocycles. The van der Waals surface area contributed by atoms with Gasteiger partial charge in [-0.15, -0.1) is 0 Å². The molecule has 5 rings (SSSR count). The van der Waals surface area contributed by atoms with Crippen LogP contribution in [0, 0.1) is 0 Å². The second-order valence-corrected chi connectivity index (χ2v) is 7.66. The van der Waals surface area contributed by atoms with Crippen LogP contribution in [0.4, 0.5) is 11.4 Å². The van der Waals surface area contributed by atoms with Gasteiger partial charge >= 0.3 is 0 Å². The molecule has 0 radical (unpaired) electrons. The fraction of sp³-hybridized carbons (Fsp3) is 0.115. The van der Waals surface area contributed by atoms with Gasteiger partial charge in [0.25, 0.3) is 5.91 Å². The molecule has 3 aromatic carbocycles. The highest BCUT2D eigenvalue weighted by molar-refractivity contribution is 6.07. The van der Waals surface area contributed by atoms with E-state index in [9.17, 15) is 9.59 Å². The van der Waals surface area contributed by atoms with Crippen molar-refractivity contribution in [2.45, 2.75) is 12.8 Å². The minimum atomic E-state index is -0.0839. The Kier molecular flexibility index (Phi) is 4.92. The van der Waals surface area contributed by atoms with E-state index in [4.69, 9.17) is 0 Å². The van der Waals surface area contributed by atoms with Gasteiger partial charge in [0.2, 0.25) is 5.91 Å². The van der Waals surface area contributed by atoms with E-state index in [1.807, 2.05) is 60.7 Å². The maximum Gasteiger partial charge on any atom is 0.259 e. The lowest BCUT2D eigenvalue weighted by atomic mass is 10.0. The molecular formula is C26H21N3O2. The smallest absolute Gasteiger partial charge is 0.259 e. The van der Waals surface area contributed by atoms with Crippen LogP contribution < -0.4 is 10.2 Å². The Bertz CT molecular complexity index is 1280. The van der Waals surface area contributed by atoms with E-state index >= 15 is 0 Å². The van der Waals surface area contributed by atoms with E-state index in [1.54, 1.807) is 29.4 Å². The van der Waals surface area contributed by atoms with Crippen molar-refractivity contribution in [1.29, 1.82) is 0 Å². The van der Waals surface area contributed by atoms with Crippen molar-refractivity contribution in [3.8, 4) is 0 Å². The highest BCUT2D eigenvalue weighted by atomic mass is 16.2. The van der Waals surface area contributed by atoms with Crippen molar-refractivity contribution in [3.05, 3.63) is 102 Å². The third-order valence-corrected chi connectivity index (χ3v) is 5.65. The molecule has 0 fully saturated rings. The van der Waals surface area contributed by atoms with E-state index in [-0.39, 0.29) is 18.2 Å². The molecule has 0 spiro atoms. The number of nitrogens with one attached hydrogen (secondary N) is 1. The SMILES string of the molecule is O=C(Cc1cccc2ccccc12)Nc1ccc2c(c1)N(C(=O)c1cccnc1)CC2. The third kappa shape index (κ3) is 3.78. The van der Waals surface area contributed by atoms with Crippen molar-refractivity contribution in [2.75, 3.05) is 16.8 Å². The lowest BCUT2D eigenvalue weighted by Gasteiger charge is -2.18. The molecule has 5 nitrogen and oxygen atoms in total. The summed E-state index contributed by atoms with van der Waals surface area (Å²) in [7, 11) is 0. The molecule has 31 heavy (non-hydrogen) atoms. The maximum absolute atomic E-state index is 12.9. The summed E-state index contributed by atoms with van der Waals surface area (Å²) >= 11 is 0. The number of fused-ring (bicyclic) bond motifs is 2. The number of hydrogen-bond donors (Lipinski definition) is 1. The molecule has 0 aliphatic carbocycles.